The van der Waals surface area contributed by atoms with Crippen molar-refractivity contribution in [1.29, 1.82) is 0 Å². The Morgan fingerprint density at radius 3 is 2.75 bits per heavy atom. The predicted octanol–water partition coefficient (Wildman–Crippen LogP) is 3.24. The Kier molecular flexibility index (Phi) is 4.70. The van der Waals surface area contributed by atoms with Gasteiger partial charge in [-0.25, -0.2) is 0 Å². The summed E-state index contributed by atoms with van der Waals surface area (Å²) >= 11 is 0. The molecule has 0 aromatic heterocycles. The highest BCUT2D eigenvalue weighted by molar-refractivity contribution is 5.08. The van der Waals surface area contributed by atoms with Crippen LogP contribution in [0.4, 0.5) is 0 Å². The molecule has 1 heterocycles. The van der Waals surface area contributed by atoms with Crippen LogP contribution in [-0.2, 0) is 4.74 Å². The van der Waals surface area contributed by atoms with Gasteiger partial charge in [-0.2, -0.15) is 0 Å². The molecule has 0 spiro atoms. The van der Waals surface area contributed by atoms with Crippen LogP contribution in [0.5, 0.6) is 0 Å². The fourth-order valence-corrected chi connectivity index (χ4v) is 2.98. The monoisotopic (exact) mass is 223 g/mol. The third-order valence-electron chi connectivity index (χ3n) is 3.81. The summed E-state index contributed by atoms with van der Waals surface area (Å²) in [5.74, 6) is 2.04. The van der Waals surface area contributed by atoms with E-state index in [2.05, 4.69) is 18.3 Å². The van der Waals surface area contributed by atoms with Crippen LogP contribution in [0.3, 0.4) is 0 Å². The number of rotatable bonds is 4. The smallest absolute Gasteiger partial charge is 0.109 e. The molecule has 1 N–H and O–H groups in total. The lowest BCUT2D eigenvalue weighted by atomic mass is 9.82. The van der Waals surface area contributed by atoms with Crippen molar-refractivity contribution in [1.82, 2.24) is 5.32 Å². The van der Waals surface area contributed by atoms with Gasteiger partial charge in [-0.05, 0) is 44.2 Å². The molecule has 1 saturated carbocycles. The molecule has 0 radical (unpaired) electrons. The van der Waals surface area contributed by atoms with Gasteiger partial charge in [0.15, 0.2) is 0 Å². The van der Waals surface area contributed by atoms with Crippen molar-refractivity contribution in [2.45, 2.75) is 57.9 Å². The highest BCUT2D eigenvalue weighted by atomic mass is 16.5. The van der Waals surface area contributed by atoms with E-state index in [0.29, 0.717) is 6.04 Å². The Hall–Kier alpha value is -0.500. The third kappa shape index (κ3) is 3.00. The highest BCUT2D eigenvalue weighted by Crippen LogP contribution is 2.30. The largest absolute Gasteiger partial charge is 0.497 e. The van der Waals surface area contributed by atoms with Gasteiger partial charge in [-0.3, -0.25) is 0 Å². The van der Waals surface area contributed by atoms with Crippen molar-refractivity contribution in [2.75, 3.05) is 13.2 Å². The fourth-order valence-electron chi connectivity index (χ4n) is 2.98. The third-order valence-corrected chi connectivity index (χ3v) is 3.81. The fraction of sp³-hybridized carbons (Fsp3) is 0.857. The van der Waals surface area contributed by atoms with Crippen molar-refractivity contribution in [2.24, 2.45) is 5.92 Å². The molecule has 0 amide bonds. The standard InChI is InChI=1S/C14H25NO/c1-2-15-14(12-8-4-3-5-9-12)13-10-6-7-11-16-13/h10,12,14-15H,2-9,11H2,1H3. The average Bonchev–Trinajstić information content (AvgIpc) is 2.38. The Balaban J connectivity index is 1.99. The zero-order chi connectivity index (χ0) is 11.2. The molecule has 0 aromatic rings. The van der Waals surface area contributed by atoms with Gasteiger partial charge in [-0.1, -0.05) is 26.2 Å². The lowest BCUT2D eigenvalue weighted by molar-refractivity contribution is 0.140. The van der Waals surface area contributed by atoms with E-state index in [9.17, 15) is 0 Å². The molecule has 16 heavy (non-hydrogen) atoms. The van der Waals surface area contributed by atoms with Crippen LogP contribution in [0.2, 0.25) is 0 Å². The van der Waals surface area contributed by atoms with Crippen LogP contribution in [0.1, 0.15) is 51.9 Å². The maximum Gasteiger partial charge on any atom is 0.109 e. The molecule has 2 aliphatic rings. The minimum absolute atomic E-state index is 0.491. The van der Waals surface area contributed by atoms with Crippen molar-refractivity contribution in [3.8, 4) is 0 Å². The van der Waals surface area contributed by atoms with Crippen LogP contribution in [-0.4, -0.2) is 19.2 Å². The van der Waals surface area contributed by atoms with Crippen LogP contribution < -0.4 is 5.32 Å². The van der Waals surface area contributed by atoms with E-state index in [-0.39, 0.29) is 0 Å². The number of hydrogen-bond donors (Lipinski definition) is 1. The molecule has 1 aliphatic carbocycles. The van der Waals surface area contributed by atoms with Crippen LogP contribution in [0.25, 0.3) is 0 Å². The van der Waals surface area contributed by atoms with Gasteiger partial charge < -0.3 is 10.1 Å². The predicted molar refractivity (Wildman–Crippen MR) is 67.3 cm³/mol. The van der Waals surface area contributed by atoms with Gasteiger partial charge >= 0.3 is 0 Å². The molecule has 2 rings (SSSR count). The molecular weight excluding hydrogens is 198 g/mol. The molecular formula is C14H25NO. The number of allylic oxidation sites excluding steroid dienone is 1. The summed E-state index contributed by atoms with van der Waals surface area (Å²) in [5, 5.41) is 3.63. The van der Waals surface area contributed by atoms with Crippen LogP contribution in [0, 0.1) is 5.92 Å². The highest BCUT2D eigenvalue weighted by Gasteiger charge is 2.27. The molecule has 2 heteroatoms. The second kappa shape index (κ2) is 6.29. The summed E-state index contributed by atoms with van der Waals surface area (Å²) in [5.41, 5.74) is 0. The molecule has 92 valence electrons. The van der Waals surface area contributed by atoms with Crippen molar-refractivity contribution >= 4 is 0 Å². The van der Waals surface area contributed by atoms with E-state index in [1.54, 1.807) is 0 Å². The number of nitrogens with one attached hydrogen (secondary N) is 1. The van der Waals surface area contributed by atoms with Gasteiger partial charge in [0.05, 0.1) is 12.6 Å². The van der Waals surface area contributed by atoms with E-state index in [4.69, 9.17) is 4.74 Å². The van der Waals surface area contributed by atoms with E-state index in [0.717, 1.165) is 19.1 Å². The van der Waals surface area contributed by atoms with E-state index in [1.165, 1.54) is 50.7 Å². The number of ether oxygens (including phenoxy) is 1. The summed E-state index contributed by atoms with van der Waals surface area (Å²) in [6.07, 6.45) is 11.7. The zero-order valence-electron chi connectivity index (χ0n) is 10.5. The van der Waals surface area contributed by atoms with E-state index >= 15 is 0 Å². The van der Waals surface area contributed by atoms with Gasteiger partial charge in [0.2, 0.25) is 0 Å². The SMILES string of the molecule is CCNC(C1=CCCCO1)C1CCCCC1. The molecule has 1 atom stereocenters. The summed E-state index contributed by atoms with van der Waals surface area (Å²) in [6, 6.07) is 0.491. The summed E-state index contributed by atoms with van der Waals surface area (Å²) in [6.45, 7) is 4.15. The molecule has 2 nitrogen and oxygen atoms in total. The van der Waals surface area contributed by atoms with Gasteiger partial charge in [-0.15, -0.1) is 0 Å². The van der Waals surface area contributed by atoms with Gasteiger partial charge in [0, 0.05) is 0 Å². The normalized spacial score (nSPS) is 24.7. The lowest BCUT2D eigenvalue weighted by Gasteiger charge is -2.33. The first-order valence-corrected chi connectivity index (χ1v) is 6.98. The molecule has 1 fully saturated rings. The van der Waals surface area contributed by atoms with Crippen LogP contribution in [0.15, 0.2) is 11.8 Å². The van der Waals surface area contributed by atoms with Crippen molar-refractivity contribution in [3.05, 3.63) is 11.8 Å². The van der Waals surface area contributed by atoms with Crippen molar-refractivity contribution in [3.63, 3.8) is 0 Å². The average molecular weight is 223 g/mol. The topological polar surface area (TPSA) is 21.3 Å². The molecule has 0 aromatic carbocycles. The second-order valence-electron chi connectivity index (χ2n) is 5.03. The minimum atomic E-state index is 0.491. The Morgan fingerprint density at radius 1 is 1.31 bits per heavy atom. The van der Waals surface area contributed by atoms with E-state index in [1.807, 2.05) is 0 Å². The minimum Gasteiger partial charge on any atom is -0.497 e. The van der Waals surface area contributed by atoms with Gasteiger partial charge in [0.25, 0.3) is 0 Å². The molecule has 1 unspecified atom stereocenters. The van der Waals surface area contributed by atoms with Crippen molar-refractivity contribution < 1.29 is 4.74 Å². The van der Waals surface area contributed by atoms with Crippen LogP contribution >= 0.6 is 0 Å². The Morgan fingerprint density at radius 2 is 2.12 bits per heavy atom. The Labute approximate surface area is 99.4 Å². The molecule has 0 bridgehead atoms. The Bertz CT molecular complexity index is 231. The summed E-state index contributed by atoms with van der Waals surface area (Å²) in [7, 11) is 0. The number of hydrogen-bond acceptors (Lipinski definition) is 2. The second-order valence-corrected chi connectivity index (χ2v) is 5.03. The first-order chi connectivity index (χ1) is 7.92. The van der Waals surface area contributed by atoms with Gasteiger partial charge in [0.1, 0.15) is 5.76 Å². The lowest BCUT2D eigenvalue weighted by Crippen LogP contribution is -2.40. The summed E-state index contributed by atoms with van der Waals surface area (Å²) in [4.78, 5) is 0. The number of likely N-dealkylation sites (N-methyl/N-ethyl adjacent to an activating group) is 1. The molecule has 1 aliphatic heterocycles. The zero-order valence-corrected chi connectivity index (χ0v) is 10.5. The maximum atomic E-state index is 5.84. The quantitative estimate of drug-likeness (QED) is 0.790. The molecule has 0 saturated heterocycles. The first kappa shape index (κ1) is 12.0. The first-order valence-electron chi connectivity index (χ1n) is 6.98. The summed E-state index contributed by atoms with van der Waals surface area (Å²) < 4.78 is 5.84. The maximum absolute atomic E-state index is 5.84. The van der Waals surface area contributed by atoms with E-state index < -0.39 is 0 Å².